The summed E-state index contributed by atoms with van der Waals surface area (Å²) >= 11 is 0. The number of aliphatic carboxylic acids is 1. The van der Waals surface area contributed by atoms with Crippen molar-refractivity contribution in [3.8, 4) is 5.75 Å². The standard InChI is InChI=1S/C14H19NO3/c1-15-9-8-13(10-15)18-12-5-2-11(3-6-12)4-7-14(16)17/h2-3,5-6,13H,4,7-10H2,1H3,(H,16,17). The lowest BCUT2D eigenvalue weighted by molar-refractivity contribution is -0.136. The van der Waals surface area contributed by atoms with E-state index in [4.69, 9.17) is 9.84 Å². The van der Waals surface area contributed by atoms with E-state index in [2.05, 4.69) is 11.9 Å². The Morgan fingerprint density at radius 2 is 2.17 bits per heavy atom. The Labute approximate surface area is 107 Å². The van der Waals surface area contributed by atoms with Gasteiger partial charge in [0.25, 0.3) is 0 Å². The van der Waals surface area contributed by atoms with Crippen LogP contribution in [-0.2, 0) is 11.2 Å². The fourth-order valence-corrected chi connectivity index (χ4v) is 2.17. The second kappa shape index (κ2) is 5.87. The number of hydrogen-bond acceptors (Lipinski definition) is 3. The SMILES string of the molecule is CN1CCC(Oc2ccc(CCC(=O)O)cc2)C1. The van der Waals surface area contributed by atoms with E-state index in [-0.39, 0.29) is 12.5 Å². The Hall–Kier alpha value is -1.55. The average Bonchev–Trinajstić information content (AvgIpc) is 2.74. The molecule has 1 atom stereocenters. The number of rotatable bonds is 5. The first-order chi connectivity index (χ1) is 8.63. The molecule has 1 unspecified atom stereocenters. The molecule has 98 valence electrons. The van der Waals surface area contributed by atoms with Gasteiger partial charge in [0.1, 0.15) is 11.9 Å². The highest BCUT2D eigenvalue weighted by Gasteiger charge is 2.20. The first-order valence-corrected chi connectivity index (χ1v) is 6.29. The molecule has 0 radical (unpaired) electrons. The minimum Gasteiger partial charge on any atom is -0.489 e. The summed E-state index contributed by atoms with van der Waals surface area (Å²) in [6.07, 6.45) is 2.09. The van der Waals surface area contributed by atoms with Crippen LogP contribution in [0.1, 0.15) is 18.4 Å². The summed E-state index contributed by atoms with van der Waals surface area (Å²) in [7, 11) is 2.10. The van der Waals surface area contributed by atoms with E-state index in [0.717, 1.165) is 30.8 Å². The van der Waals surface area contributed by atoms with Gasteiger partial charge in [0, 0.05) is 19.5 Å². The molecular weight excluding hydrogens is 230 g/mol. The van der Waals surface area contributed by atoms with Crippen molar-refractivity contribution in [2.75, 3.05) is 20.1 Å². The van der Waals surface area contributed by atoms with Crippen LogP contribution in [0.3, 0.4) is 0 Å². The van der Waals surface area contributed by atoms with Crippen molar-refractivity contribution in [3.05, 3.63) is 29.8 Å². The summed E-state index contributed by atoms with van der Waals surface area (Å²) in [5.41, 5.74) is 1.04. The summed E-state index contributed by atoms with van der Waals surface area (Å²) in [6.45, 7) is 2.06. The molecule has 1 heterocycles. The molecule has 0 bridgehead atoms. The van der Waals surface area contributed by atoms with Gasteiger partial charge in [-0.3, -0.25) is 4.79 Å². The molecule has 4 nitrogen and oxygen atoms in total. The minimum atomic E-state index is -0.760. The normalized spacial score (nSPS) is 19.9. The second-order valence-corrected chi connectivity index (χ2v) is 4.83. The molecule has 0 saturated carbocycles. The van der Waals surface area contributed by atoms with E-state index in [1.54, 1.807) is 0 Å². The molecule has 18 heavy (non-hydrogen) atoms. The molecule has 1 aromatic carbocycles. The highest BCUT2D eigenvalue weighted by atomic mass is 16.5. The maximum Gasteiger partial charge on any atom is 0.303 e. The summed E-state index contributed by atoms with van der Waals surface area (Å²) in [4.78, 5) is 12.7. The average molecular weight is 249 g/mol. The number of carboxylic acids is 1. The highest BCUT2D eigenvalue weighted by Crippen LogP contribution is 2.18. The molecule has 1 N–H and O–H groups in total. The van der Waals surface area contributed by atoms with Crippen molar-refractivity contribution in [1.82, 2.24) is 4.90 Å². The third-order valence-corrected chi connectivity index (χ3v) is 3.20. The molecule has 0 spiro atoms. The lowest BCUT2D eigenvalue weighted by Gasteiger charge is -2.14. The molecule has 1 aliphatic heterocycles. The molecule has 0 aliphatic carbocycles. The van der Waals surface area contributed by atoms with Gasteiger partial charge in [-0.25, -0.2) is 0 Å². The van der Waals surface area contributed by atoms with Crippen LogP contribution in [-0.4, -0.2) is 42.2 Å². The van der Waals surface area contributed by atoms with Gasteiger partial charge in [-0.1, -0.05) is 12.1 Å². The van der Waals surface area contributed by atoms with E-state index in [1.807, 2.05) is 24.3 Å². The summed E-state index contributed by atoms with van der Waals surface area (Å²) in [6, 6.07) is 7.74. The van der Waals surface area contributed by atoms with Crippen LogP contribution in [0, 0.1) is 0 Å². The number of likely N-dealkylation sites (N-methyl/N-ethyl adjacent to an activating group) is 1. The first-order valence-electron chi connectivity index (χ1n) is 6.29. The number of carboxylic acid groups (broad SMARTS) is 1. The topological polar surface area (TPSA) is 49.8 Å². The van der Waals surface area contributed by atoms with Gasteiger partial charge in [0.15, 0.2) is 0 Å². The Bertz CT molecular complexity index is 402. The lowest BCUT2D eigenvalue weighted by atomic mass is 10.1. The van der Waals surface area contributed by atoms with Gasteiger partial charge in [-0.15, -0.1) is 0 Å². The Morgan fingerprint density at radius 3 is 2.72 bits per heavy atom. The van der Waals surface area contributed by atoms with Crippen LogP contribution >= 0.6 is 0 Å². The van der Waals surface area contributed by atoms with Crippen molar-refractivity contribution in [3.63, 3.8) is 0 Å². The summed E-state index contributed by atoms with van der Waals surface area (Å²) in [5, 5.41) is 8.61. The van der Waals surface area contributed by atoms with E-state index in [9.17, 15) is 4.79 Å². The van der Waals surface area contributed by atoms with E-state index >= 15 is 0 Å². The van der Waals surface area contributed by atoms with Crippen LogP contribution in [0.2, 0.25) is 0 Å². The maximum atomic E-state index is 10.5. The monoisotopic (exact) mass is 249 g/mol. The second-order valence-electron chi connectivity index (χ2n) is 4.83. The number of hydrogen-bond donors (Lipinski definition) is 1. The van der Waals surface area contributed by atoms with Gasteiger partial charge < -0.3 is 14.7 Å². The van der Waals surface area contributed by atoms with Gasteiger partial charge in [-0.05, 0) is 37.6 Å². The van der Waals surface area contributed by atoms with Crippen molar-refractivity contribution in [2.45, 2.75) is 25.4 Å². The van der Waals surface area contributed by atoms with E-state index in [1.165, 1.54) is 0 Å². The Kier molecular flexibility index (Phi) is 4.20. The van der Waals surface area contributed by atoms with Gasteiger partial charge in [0.05, 0.1) is 0 Å². The van der Waals surface area contributed by atoms with Crippen LogP contribution < -0.4 is 4.74 Å². The fraction of sp³-hybridized carbons (Fsp3) is 0.500. The number of benzene rings is 1. The molecule has 4 heteroatoms. The molecule has 2 rings (SSSR count). The zero-order chi connectivity index (χ0) is 13.0. The fourth-order valence-electron chi connectivity index (χ4n) is 2.17. The van der Waals surface area contributed by atoms with Crippen LogP contribution in [0.25, 0.3) is 0 Å². The first kappa shape index (κ1) is 12.9. The maximum absolute atomic E-state index is 10.5. The molecule has 1 fully saturated rings. The smallest absolute Gasteiger partial charge is 0.303 e. The van der Waals surface area contributed by atoms with Crippen molar-refractivity contribution in [2.24, 2.45) is 0 Å². The number of likely N-dealkylation sites (tertiary alicyclic amines) is 1. The number of aryl methyl sites for hydroxylation is 1. The number of carbonyl (C=O) groups is 1. The molecule has 1 saturated heterocycles. The number of nitrogens with zero attached hydrogens (tertiary/aromatic N) is 1. The third kappa shape index (κ3) is 3.74. The molecule has 1 aromatic rings. The molecular formula is C14H19NO3. The van der Waals surface area contributed by atoms with E-state index < -0.39 is 5.97 Å². The minimum absolute atomic E-state index is 0.174. The Balaban J connectivity index is 1.85. The van der Waals surface area contributed by atoms with Gasteiger partial charge >= 0.3 is 5.97 Å². The molecule has 0 aromatic heterocycles. The predicted molar refractivity (Wildman–Crippen MR) is 68.9 cm³/mol. The summed E-state index contributed by atoms with van der Waals surface area (Å²) < 4.78 is 5.87. The van der Waals surface area contributed by atoms with Crippen LogP contribution in [0.4, 0.5) is 0 Å². The largest absolute Gasteiger partial charge is 0.489 e. The quantitative estimate of drug-likeness (QED) is 0.864. The van der Waals surface area contributed by atoms with Crippen LogP contribution in [0.15, 0.2) is 24.3 Å². The van der Waals surface area contributed by atoms with Crippen molar-refractivity contribution < 1.29 is 14.6 Å². The van der Waals surface area contributed by atoms with Crippen molar-refractivity contribution in [1.29, 1.82) is 0 Å². The summed E-state index contributed by atoms with van der Waals surface area (Å²) in [5.74, 6) is 0.110. The zero-order valence-electron chi connectivity index (χ0n) is 10.6. The lowest BCUT2D eigenvalue weighted by Crippen LogP contribution is -2.21. The zero-order valence-corrected chi connectivity index (χ0v) is 10.6. The van der Waals surface area contributed by atoms with Gasteiger partial charge in [-0.2, -0.15) is 0 Å². The molecule has 0 amide bonds. The van der Waals surface area contributed by atoms with Gasteiger partial charge in [0.2, 0.25) is 0 Å². The van der Waals surface area contributed by atoms with Crippen LogP contribution in [0.5, 0.6) is 5.75 Å². The number of ether oxygens (including phenoxy) is 1. The predicted octanol–water partition coefficient (Wildman–Crippen LogP) is 1.79. The molecule has 1 aliphatic rings. The van der Waals surface area contributed by atoms with Crippen molar-refractivity contribution >= 4 is 5.97 Å². The van der Waals surface area contributed by atoms with E-state index in [0.29, 0.717) is 6.42 Å². The highest BCUT2D eigenvalue weighted by molar-refractivity contribution is 5.67. The third-order valence-electron chi connectivity index (χ3n) is 3.20. The Morgan fingerprint density at radius 1 is 1.44 bits per heavy atom.